The van der Waals surface area contributed by atoms with E-state index in [9.17, 15) is 4.39 Å². The molecule has 2 N–H and O–H groups in total. The minimum Gasteiger partial charge on any atom is -0.369 e. The number of hydrogen-bond donors (Lipinski definition) is 1. The number of nitrogens with two attached hydrogens (primary N) is 1. The van der Waals surface area contributed by atoms with Crippen LogP contribution in [0.3, 0.4) is 0 Å². The standard InChI is InChI=1S/C15H12BrClFN3/c16-9-1-6-12(13(18)7-9)14-8-20-15(19)21(14)11-4-2-10(17)3-5-11/h1-7,14H,8H2,(H2,19,20). The molecular weight excluding hydrogens is 357 g/mol. The lowest BCUT2D eigenvalue weighted by Gasteiger charge is -2.27. The van der Waals surface area contributed by atoms with Gasteiger partial charge in [0.2, 0.25) is 0 Å². The molecule has 21 heavy (non-hydrogen) atoms. The summed E-state index contributed by atoms with van der Waals surface area (Å²) >= 11 is 9.17. The third-order valence-electron chi connectivity index (χ3n) is 3.41. The van der Waals surface area contributed by atoms with Crippen LogP contribution in [0.5, 0.6) is 0 Å². The van der Waals surface area contributed by atoms with Gasteiger partial charge in [-0.3, -0.25) is 4.99 Å². The van der Waals surface area contributed by atoms with E-state index < -0.39 is 0 Å². The highest BCUT2D eigenvalue weighted by Crippen LogP contribution is 2.33. The van der Waals surface area contributed by atoms with E-state index in [0.29, 0.717) is 27.6 Å². The van der Waals surface area contributed by atoms with Gasteiger partial charge in [-0.2, -0.15) is 0 Å². The smallest absolute Gasteiger partial charge is 0.196 e. The van der Waals surface area contributed by atoms with Crippen molar-refractivity contribution in [2.45, 2.75) is 6.04 Å². The number of benzene rings is 2. The Bertz CT molecular complexity index is 703. The molecule has 1 unspecified atom stereocenters. The number of anilines is 1. The minimum atomic E-state index is -0.279. The van der Waals surface area contributed by atoms with Crippen molar-refractivity contribution in [2.24, 2.45) is 10.7 Å². The zero-order chi connectivity index (χ0) is 15.0. The molecule has 3 nitrogen and oxygen atoms in total. The highest BCUT2D eigenvalue weighted by Gasteiger charge is 2.30. The molecule has 1 aliphatic heterocycles. The molecule has 1 aliphatic rings. The van der Waals surface area contributed by atoms with Crippen LogP contribution in [0.15, 0.2) is 51.9 Å². The summed E-state index contributed by atoms with van der Waals surface area (Å²) in [5.41, 5.74) is 7.37. The van der Waals surface area contributed by atoms with E-state index in [-0.39, 0.29) is 11.9 Å². The van der Waals surface area contributed by atoms with Crippen LogP contribution in [0, 0.1) is 5.82 Å². The summed E-state index contributed by atoms with van der Waals surface area (Å²) in [5.74, 6) is 0.0999. The third kappa shape index (κ3) is 2.76. The van der Waals surface area contributed by atoms with Gasteiger partial charge in [0, 0.05) is 20.7 Å². The predicted octanol–water partition coefficient (Wildman–Crippen LogP) is 4.12. The quantitative estimate of drug-likeness (QED) is 0.866. The second-order valence-corrected chi connectivity index (χ2v) is 6.08. The van der Waals surface area contributed by atoms with Crippen molar-refractivity contribution >= 4 is 39.2 Å². The van der Waals surface area contributed by atoms with Gasteiger partial charge in [0.25, 0.3) is 0 Å². The summed E-state index contributed by atoms with van der Waals surface area (Å²) < 4.78 is 14.9. The van der Waals surface area contributed by atoms with Crippen molar-refractivity contribution in [3.63, 3.8) is 0 Å². The number of hydrogen-bond acceptors (Lipinski definition) is 3. The van der Waals surface area contributed by atoms with E-state index in [1.807, 2.05) is 23.1 Å². The van der Waals surface area contributed by atoms with Gasteiger partial charge in [0.05, 0.1) is 12.6 Å². The van der Waals surface area contributed by atoms with Gasteiger partial charge in [0.1, 0.15) is 5.82 Å². The summed E-state index contributed by atoms with van der Waals surface area (Å²) in [5, 5.41) is 0.639. The van der Waals surface area contributed by atoms with Crippen molar-refractivity contribution in [3.05, 3.63) is 63.3 Å². The summed E-state index contributed by atoms with van der Waals surface area (Å²) in [6.45, 7) is 0.424. The molecule has 0 bridgehead atoms. The van der Waals surface area contributed by atoms with Gasteiger partial charge in [0.15, 0.2) is 5.96 Å². The molecule has 0 saturated heterocycles. The normalized spacial score (nSPS) is 18.0. The monoisotopic (exact) mass is 367 g/mol. The Labute approximate surface area is 135 Å². The summed E-state index contributed by atoms with van der Waals surface area (Å²) in [6, 6.07) is 12.0. The first-order valence-electron chi connectivity index (χ1n) is 6.36. The van der Waals surface area contributed by atoms with Gasteiger partial charge in [-0.15, -0.1) is 0 Å². The molecule has 0 aliphatic carbocycles. The van der Waals surface area contributed by atoms with Gasteiger partial charge >= 0.3 is 0 Å². The molecule has 0 radical (unpaired) electrons. The molecule has 0 spiro atoms. The molecule has 0 fully saturated rings. The molecule has 6 heteroatoms. The fraction of sp³-hybridized carbons (Fsp3) is 0.133. The largest absolute Gasteiger partial charge is 0.369 e. The Morgan fingerprint density at radius 1 is 1.24 bits per heavy atom. The SMILES string of the molecule is NC1=NCC(c2ccc(Br)cc2F)N1c1ccc(Cl)cc1. The van der Waals surface area contributed by atoms with Crippen molar-refractivity contribution in [1.82, 2.24) is 0 Å². The first kappa shape index (κ1) is 14.4. The van der Waals surface area contributed by atoms with Crippen LogP contribution in [0.1, 0.15) is 11.6 Å². The van der Waals surface area contributed by atoms with Crippen LogP contribution < -0.4 is 10.6 Å². The number of halogens is 3. The summed E-state index contributed by atoms with van der Waals surface area (Å²) in [6.07, 6.45) is 0. The molecule has 108 valence electrons. The van der Waals surface area contributed by atoms with Crippen molar-refractivity contribution in [2.75, 3.05) is 11.4 Å². The topological polar surface area (TPSA) is 41.6 Å². The van der Waals surface area contributed by atoms with Gasteiger partial charge in [-0.1, -0.05) is 33.6 Å². The predicted molar refractivity (Wildman–Crippen MR) is 87.3 cm³/mol. The van der Waals surface area contributed by atoms with Crippen LogP contribution in [-0.2, 0) is 0 Å². The first-order chi connectivity index (χ1) is 10.1. The lowest BCUT2D eigenvalue weighted by atomic mass is 10.0. The zero-order valence-corrected chi connectivity index (χ0v) is 13.3. The van der Waals surface area contributed by atoms with Crippen molar-refractivity contribution < 1.29 is 4.39 Å². The lowest BCUT2D eigenvalue weighted by molar-refractivity contribution is 0.588. The number of rotatable bonds is 2. The van der Waals surface area contributed by atoms with Gasteiger partial charge in [-0.05, 0) is 36.4 Å². The van der Waals surface area contributed by atoms with E-state index in [2.05, 4.69) is 20.9 Å². The van der Waals surface area contributed by atoms with Crippen molar-refractivity contribution in [3.8, 4) is 0 Å². The Hall–Kier alpha value is -1.59. The fourth-order valence-electron chi connectivity index (χ4n) is 2.42. The number of aliphatic imine (C=N–C) groups is 1. The second kappa shape index (κ2) is 5.66. The average molecular weight is 369 g/mol. The van der Waals surface area contributed by atoms with E-state index in [4.69, 9.17) is 17.3 Å². The average Bonchev–Trinajstić information content (AvgIpc) is 2.82. The zero-order valence-electron chi connectivity index (χ0n) is 10.9. The number of guanidine groups is 1. The third-order valence-corrected chi connectivity index (χ3v) is 4.16. The summed E-state index contributed by atoms with van der Waals surface area (Å²) in [4.78, 5) is 6.07. The maximum Gasteiger partial charge on any atom is 0.196 e. The second-order valence-electron chi connectivity index (χ2n) is 4.73. The molecule has 2 aromatic rings. The maximum absolute atomic E-state index is 14.2. The molecule has 1 heterocycles. The maximum atomic E-state index is 14.2. The van der Waals surface area contributed by atoms with Crippen LogP contribution >= 0.6 is 27.5 Å². The Balaban J connectivity index is 2.00. The van der Waals surface area contributed by atoms with E-state index >= 15 is 0 Å². The Morgan fingerprint density at radius 3 is 2.62 bits per heavy atom. The highest BCUT2D eigenvalue weighted by atomic mass is 79.9. The first-order valence-corrected chi connectivity index (χ1v) is 7.53. The minimum absolute atomic E-state index is 0.251. The van der Waals surface area contributed by atoms with Gasteiger partial charge in [-0.25, -0.2) is 4.39 Å². The van der Waals surface area contributed by atoms with Crippen LogP contribution in [0.4, 0.5) is 10.1 Å². The van der Waals surface area contributed by atoms with E-state index in [1.165, 1.54) is 6.07 Å². The molecule has 0 amide bonds. The summed E-state index contributed by atoms with van der Waals surface area (Å²) in [7, 11) is 0. The van der Waals surface area contributed by atoms with Gasteiger partial charge < -0.3 is 10.6 Å². The molecule has 0 saturated carbocycles. The molecular formula is C15H12BrClFN3. The van der Waals surface area contributed by atoms with Crippen LogP contribution in [0.25, 0.3) is 0 Å². The van der Waals surface area contributed by atoms with Crippen LogP contribution in [-0.4, -0.2) is 12.5 Å². The fourth-order valence-corrected chi connectivity index (χ4v) is 2.88. The van der Waals surface area contributed by atoms with Crippen LogP contribution in [0.2, 0.25) is 5.02 Å². The lowest BCUT2D eigenvalue weighted by Crippen LogP contribution is -2.36. The van der Waals surface area contributed by atoms with Crippen molar-refractivity contribution in [1.29, 1.82) is 0 Å². The Kier molecular flexibility index (Phi) is 3.87. The molecule has 3 rings (SSSR count). The molecule has 1 atom stereocenters. The Morgan fingerprint density at radius 2 is 1.95 bits per heavy atom. The number of nitrogens with zero attached hydrogens (tertiary/aromatic N) is 2. The highest BCUT2D eigenvalue weighted by molar-refractivity contribution is 9.10. The van der Waals surface area contributed by atoms with E-state index in [1.54, 1.807) is 18.2 Å². The van der Waals surface area contributed by atoms with E-state index in [0.717, 1.165) is 5.69 Å². The molecule has 0 aromatic heterocycles. The molecule has 2 aromatic carbocycles.